The Bertz CT molecular complexity index is 3360. The monoisotopic (exact) mass is 751 g/mol. The molecule has 0 fully saturated rings. The Labute approximate surface area is 342 Å². The standard InChI is InChI=1S/C57H37NO/c1-3-20-41(21-4-1)57(42-22-5-2-6-23-42)51-30-13-11-25-45(51)47-27-16-32-53(54(47)57)58(43-35-33-38-17-7-8-19-40(38)37-43)52-31-14-12-26-46(52)48-28-15-29-49-50-36-34-39-18-9-10-24-44(39)55(50)59-56(48)49/h1-37H. The predicted molar refractivity (Wildman–Crippen MR) is 246 cm³/mol. The van der Waals surface area contributed by atoms with Gasteiger partial charge in [0, 0.05) is 38.5 Å². The second kappa shape index (κ2) is 13.2. The molecule has 2 heteroatoms. The third kappa shape index (κ3) is 4.93. The number of nitrogens with zero attached hydrogens (tertiary/aromatic N) is 1. The van der Waals surface area contributed by atoms with Gasteiger partial charge in [-0.3, -0.25) is 0 Å². The van der Waals surface area contributed by atoms with Crippen LogP contribution in [0.3, 0.4) is 0 Å². The number of fused-ring (bicyclic) bond motifs is 9. The second-order valence-corrected chi connectivity index (χ2v) is 15.6. The predicted octanol–water partition coefficient (Wildman–Crippen LogP) is 15.4. The van der Waals surface area contributed by atoms with Crippen LogP contribution in [0, 0.1) is 0 Å². The molecule has 1 aliphatic carbocycles. The van der Waals surface area contributed by atoms with Gasteiger partial charge in [-0.15, -0.1) is 0 Å². The first kappa shape index (κ1) is 33.5. The zero-order valence-electron chi connectivity index (χ0n) is 32.2. The molecule has 0 saturated heterocycles. The largest absolute Gasteiger partial charge is 0.455 e. The number of hydrogen-bond acceptors (Lipinski definition) is 2. The van der Waals surface area contributed by atoms with Crippen LogP contribution in [0.25, 0.3) is 65.7 Å². The molecule has 0 saturated carbocycles. The van der Waals surface area contributed by atoms with Crippen molar-refractivity contribution < 1.29 is 4.42 Å². The fraction of sp³-hybridized carbons (Fsp3) is 0.0175. The van der Waals surface area contributed by atoms with E-state index in [-0.39, 0.29) is 0 Å². The fourth-order valence-corrected chi connectivity index (χ4v) is 10.0. The molecule has 0 spiro atoms. The van der Waals surface area contributed by atoms with Crippen molar-refractivity contribution in [1.29, 1.82) is 0 Å². The Morgan fingerprint density at radius 1 is 0.339 bits per heavy atom. The smallest absolute Gasteiger partial charge is 0.143 e. The molecule has 0 N–H and O–H groups in total. The van der Waals surface area contributed by atoms with Crippen LogP contribution in [0.5, 0.6) is 0 Å². The molecule has 59 heavy (non-hydrogen) atoms. The van der Waals surface area contributed by atoms with Gasteiger partial charge in [0.25, 0.3) is 0 Å². The highest BCUT2D eigenvalue weighted by atomic mass is 16.3. The van der Waals surface area contributed by atoms with Crippen molar-refractivity contribution >= 4 is 60.5 Å². The van der Waals surface area contributed by atoms with E-state index in [0.717, 1.165) is 55.5 Å². The minimum absolute atomic E-state index is 0.602. The summed E-state index contributed by atoms with van der Waals surface area (Å²) in [6.45, 7) is 0. The molecule has 0 bridgehead atoms. The maximum absolute atomic E-state index is 7.00. The summed E-state index contributed by atoms with van der Waals surface area (Å²) >= 11 is 0. The summed E-state index contributed by atoms with van der Waals surface area (Å²) in [5.41, 5.74) is 14.1. The summed E-state index contributed by atoms with van der Waals surface area (Å²) in [7, 11) is 0. The highest BCUT2D eigenvalue weighted by Crippen LogP contribution is 2.60. The molecule has 11 aromatic rings. The normalized spacial score (nSPS) is 12.9. The number of para-hydroxylation sites is 2. The van der Waals surface area contributed by atoms with E-state index in [1.807, 2.05) is 0 Å². The van der Waals surface area contributed by atoms with Gasteiger partial charge in [-0.2, -0.15) is 0 Å². The van der Waals surface area contributed by atoms with E-state index in [0.29, 0.717) is 0 Å². The summed E-state index contributed by atoms with van der Waals surface area (Å²) in [4.78, 5) is 2.50. The molecule has 0 atom stereocenters. The van der Waals surface area contributed by atoms with Crippen molar-refractivity contribution in [1.82, 2.24) is 0 Å². The second-order valence-electron chi connectivity index (χ2n) is 15.6. The van der Waals surface area contributed by atoms with Crippen LogP contribution >= 0.6 is 0 Å². The first-order valence-corrected chi connectivity index (χ1v) is 20.3. The van der Waals surface area contributed by atoms with Gasteiger partial charge in [0.2, 0.25) is 0 Å². The van der Waals surface area contributed by atoms with E-state index in [1.54, 1.807) is 0 Å². The lowest BCUT2D eigenvalue weighted by Gasteiger charge is -2.38. The van der Waals surface area contributed by atoms with E-state index in [9.17, 15) is 0 Å². The lowest BCUT2D eigenvalue weighted by atomic mass is 9.67. The van der Waals surface area contributed by atoms with Crippen molar-refractivity contribution in [3.8, 4) is 22.3 Å². The van der Waals surface area contributed by atoms with Gasteiger partial charge < -0.3 is 9.32 Å². The Kier molecular flexibility index (Phi) is 7.48. The summed E-state index contributed by atoms with van der Waals surface area (Å²) in [5, 5.41) is 6.92. The molecular formula is C57H37NO. The molecule has 0 unspecified atom stereocenters. The van der Waals surface area contributed by atoms with Crippen LogP contribution < -0.4 is 4.90 Å². The lowest BCUT2D eigenvalue weighted by Crippen LogP contribution is -2.30. The van der Waals surface area contributed by atoms with E-state index in [2.05, 4.69) is 229 Å². The minimum Gasteiger partial charge on any atom is -0.455 e. The number of hydrogen-bond donors (Lipinski definition) is 0. The molecule has 1 heterocycles. The van der Waals surface area contributed by atoms with Crippen molar-refractivity contribution in [2.45, 2.75) is 5.41 Å². The minimum atomic E-state index is -0.602. The van der Waals surface area contributed by atoms with Crippen molar-refractivity contribution in [3.05, 3.63) is 247 Å². The van der Waals surface area contributed by atoms with Gasteiger partial charge in [0.1, 0.15) is 11.2 Å². The van der Waals surface area contributed by atoms with E-state index < -0.39 is 5.41 Å². The molecule has 1 aromatic heterocycles. The van der Waals surface area contributed by atoms with Gasteiger partial charge in [0.05, 0.1) is 16.8 Å². The molecule has 10 aromatic carbocycles. The van der Waals surface area contributed by atoms with Crippen LogP contribution in [0.4, 0.5) is 17.1 Å². The Morgan fingerprint density at radius 3 is 1.71 bits per heavy atom. The van der Waals surface area contributed by atoms with Crippen LogP contribution in [-0.4, -0.2) is 0 Å². The maximum atomic E-state index is 7.00. The Hall–Kier alpha value is -7.68. The first-order chi connectivity index (χ1) is 29.3. The van der Waals surface area contributed by atoms with Gasteiger partial charge in [0.15, 0.2) is 0 Å². The van der Waals surface area contributed by atoms with Crippen LogP contribution in [0.2, 0.25) is 0 Å². The van der Waals surface area contributed by atoms with Crippen LogP contribution in [0.15, 0.2) is 229 Å². The third-order valence-electron chi connectivity index (χ3n) is 12.5. The molecular weight excluding hydrogens is 715 g/mol. The van der Waals surface area contributed by atoms with Gasteiger partial charge in [-0.1, -0.05) is 194 Å². The topological polar surface area (TPSA) is 16.4 Å². The van der Waals surface area contributed by atoms with E-state index in [4.69, 9.17) is 4.42 Å². The highest BCUT2D eigenvalue weighted by Gasteiger charge is 2.48. The van der Waals surface area contributed by atoms with Crippen LogP contribution in [-0.2, 0) is 5.41 Å². The molecule has 2 nitrogen and oxygen atoms in total. The highest BCUT2D eigenvalue weighted by molar-refractivity contribution is 6.17. The Morgan fingerprint density at radius 2 is 0.898 bits per heavy atom. The first-order valence-electron chi connectivity index (χ1n) is 20.3. The Balaban J connectivity index is 1.19. The third-order valence-corrected chi connectivity index (χ3v) is 12.5. The summed E-state index contributed by atoms with van der Waals surface area (Å²) in [6.07, 6.45) is 0. The summed E-state index contributed by atoms with van der Waals surface area (Å²) < 4.78 is 7.00. The number of rotatable bonds is 6. The fourth-order valence-electron chi connectivity index (χ4n) is 10.0. The molecule has 1 aliphatic rings. The zero-order valence-corrected chi connectivity index (χ0v) is 32.2. The van der Waals surface area contributed by atoms with Crippen molar-refractivity contribution in [2.24, 2.45) is 0 Å². The van der Waals surface area contributed by atoms with E-state index >= 15 is 0 Å². The van der Waals surface area contributed by atoms with Crippen LogP contribution in [0.1, 0.15) is 22.3 Å². The molecule has 0 amide bonds. The van der Waals surface area contributed by atoms with Crippen molar-refractivity contribution in [2.75, 3.05) is 4.90 Å². The molecule has 0 aliphatic heterocycles. The summed E-state index contributed by atoms with van der Waals surface area (Å²) in [5.74, 6) is 0. The average molecular weight is 752 g/mol. The summed E-state index contributed by atoms with van der Waals surface area (Å²) in [6, 6.07) is 81.9. The molecule has 0 radical (unpaired) electrons. The number of benzene rings is 10. The molecule has 276 valence electrons. The van der Waals surface area contributed by atoms with Gasteiger partial charge >= 0.3 is 0 Å². The van der Waals surface area contributed by atoms with Gasteiger partial charge in [-0.25, -0.2) is 0 Å². The zero-order chi connectivity index (χ0) is 38.9. The maximum Gasteiger partial charge on any atom is 0.143 e. The van der Waals surface area contributed by atoms with E-state index in [1.165, 1.54) is 49.5 Å². The lowest BCUT2D eigenvalue weighted by molar-refractivity contribution is 0.674. The van der Waals surface area contributed by atoms with Crippen molar-refractivity contribution in [3.63, 3.8) is 0 Å². The number of anilines is 3. The number of furan rings is 1. The SMILES string of the molecule is c1ccc(C2(c3ccccc3)c3ccccc3-c3cccc(N(c4ccc5ccccc5c4)c4ccccc4-c4cccc5c4oc4c6ccccc6ccc54)c32)cc1. The quantitative estimate of drug-likeness (QED) is 0.168. The van der Waals surface area contributed by atoms with Gasteiger partial charge in [-0.05, 0) is 74.3 Å². The average Bonchev–Trinajstić information content (AvgIpc) is 3.85. The molecule has 12 rings (SSSR count).